The molecule has 0 amide bonds. The van der Waals surface area contributed by atoms with Gasteiger partial charge in [0.2, 0.25) is 0 Å². The number of rotatable bonds is 7. The van der Waals surface area contributed by atoms with Crippen LogP contribution in [-0.4, -0.2) is 38.2 Å². The first-order valence-electron chi connectivity index (χ1n) is 6.43. The van der Waals surface area contributed by atoms with Crippen LogP contribution >= 0.6 is 15.9 Å². The third kappa shape index (κ3) is 4.26. The molecule has 18 heavy (non-hydrogen) atoms. The van der Waals surface area contributed by atoms with Gasteiger partial charge in [-0.2, -0.15) is 0 Å². The second-order valence-corrected chi connectivity index (χ2v) is 5.84. The van der Waals surface area contributed by atoms with E-state index in [1.54, 1.807) is 7.11 Å². The van der Waals surface area contributed by atoms with Crippen molar-refractivity contribution in [2.45, 2.75) is 25.4 Å². The molecule has 0 unspecified atom stereocenters. The molecule has 0 aromatic heterocycles. The van der Waals surface area contributed by atoms with Crippen molar-refractivity contribution < 1.29 is 4.74 Å². The molecule has 100 valence electrons. The minimum Gasteiger partial charge on any atom is -0.496 e. The zero-order chi connectivity index (χ0) is 13.0. The number of hydrogen-bond acceptors (Lipinski definition) is 3. The summed E-state index contributed by atoms with van der Waals surface area (Å²) in [7, 11) is 3.87. The maximum atomic E-state index is 5.41. The lowest BCUT2D eigenvalue weighted by Gasteiger charge is -2.18. The summed E-state index contributed by atoms with van der Waals surface area (Å²) in [6.07, 6.45) is 2.70. The van der Waals surface area contributed by atoms with E-state index >= 15 is 0 Å². The Morgan fingerprint density at radius 1 is 1.44 bits per heavy atom. The lowest BCUT2D eigenvalue weighted by molar-refractivity contribution is 0.315. The number of nitrogens with zero attached hydrogens (tertiary/aromatic N) is 1. The summed E-state index contributed by atoms with van der Waals surface area (Å²) in [6.45, 7) is 3.05. The van der Waals surface area contributed by atoms with Gasteiger partial charge in [-0.05, 0) is 32.0 Å². The van der Waals surface area contributed by atoms with Crippen LogP contribution < -0.4 is 10.1 Å². The Morgan fingerprint density at radius 2 is 2.22 bits per heavy atom. The number of hydrogen-bond donors (Lipinski definition) is 1. The van der Waals surface area contributed by atoms with Gasteiger partial charge >= 0.3 is 0 Å². The van der Waals surface area contributed by atoms with Gasteiger partial charge in [-0.3, -0.25) is 0 Å². The van der Waals surface area contributed by atoms with Gasteiger partial charge in [0.25, 0.3) is 0 Å². The van der Waals surface area contributed by atoms with Crippen LogP contribution in [0.4, 0.5) is 0 Å². The molecule has 1 fully saturated rings. The normalized spacial score (nSPS) is 15.1. The first-order valence-corrected chi connectivity index (χ1v) is 7.22. The van der Waals surface area contributed by atoms with E-state index < -0.39 is 0 Å². The lowest BCUT2D eigenvalue weighted by atomic mass is 10.2. The van der Waals surface area contributed by atoms with Crippen LogP contribution in [0.1, 0.15) is 18.4 Å². The quantitative estimate of drug-likeness (QED) is 0.837. The third-order valence-corrected chi connectivity index (χ3v) is 3.69. The molecular weight excluding hydrogens is 292 g/mol. The van der Waals surface area contributed by atoms with E-state index in [1.807, 2.05) is 6.07 Å². The fourth-order valence-electron chi connectivity index (χ4n) is 1.97. The third-order valence-electron chi connectivity index (χ3n) is 3.19. The SMILES string of the molecule is COc1cc(Br)ccc1CN(C)CCNC1CC1. The molecule has 0 aliphatic heterocycles. The molecule has 0 heterocycles. The van der Waals surface area contributed by atoms with Crippen molar-refractivity contribution in [2.24, 2.45) is 0 Å². The van der Waals surface area contributed by atoms with Gasteiger partial charge in [-0.1, -0.05) is 22.0 Å². The summed E-state index contributed by atoms with van der Waals surface area (Å²) >= 11 is 3.46. The maximum absolute atomic E-state index is 5.41. The van der Waals surface area contributed by atoms with Gasteiger partial charge in [0.15, 0.2) is 0 Å². The molecule has 0 atom stereocenters. The molecule has 0 spiro atoms. The first kappa shape index (κ1) is 13.8. The van der Waals surface area contributed by atoms with Crippen LogP contribution in [0, 0.1) is 0 Å². The van der Waals surface area contributed by atoms with Crippen LogP contribution in [-0.2, 0) is 6.54 Å². The second kappa shape index (κ2) is 6.55. The molecule has 1 aromatic rings. The average Bonchev–Trinajstić information content (AvgIpc) is 3.15. The molecule has 1 aliphatic rings. The Labute approximate surface area is 118 Å². The van der Waals surface area contributed by atoms with Gasteiger partial charge < -0.3 is 15.0 Å². The zero-order valence-electron chi connectivity index (χ0n) is 11.1. The minimum atomic E-state index is 0.792. The van der Waals surface area contributed by atoms with Crippen molar-refractivity contribution >= 4 is 15.9 Å². The van der Waals surface area contributed by atoms with E-state index in [-0.39, 0.29) is 0 Å². The standard InChI is InChI=1S/C14H21BrN2O/c1-17(8-7-16-13-5-6-13)10-11-3-4-12(15)9-14(11)18-2/h3-4,9,13,16H,5-8,10H2,1-2H3. The molecule has 0 saturated heterocycles. The predicted octanol–water partition coefficient (Wildman–Crippen LogP) is 2.64. The van der Waals surface area contributed by atoms with Crippen molar-refractivity contribution in [3.05, 3.63) is 28.2 Å². The van der Waals surface area contributed by atoms with Crippen molar-refractivity contribution in [1.29, 1.82) is 0 Å². The van der Waals surface area contributed by atoms with E-state index in [4.69, 9.17) is 4.74 Å². The molecule has 2 rings (SSSR count). The minimum absolute atomic E-state index is 0.792. The molecule has 1 N–H and O–H groups in total. The first-order chi connectivity index (χ1) is 8.69. The Hall–Kier alpha value is -0.580. The van der Waals surface area contributed by atoms with Crippen LogP contribution in [0.3, 0.4) is 0 Å². The number of ether oxygens (including phenoxy) is 1. The van der Waals surface area contributed by atoms with E-state index in [9.17, 15) is 0 Å². The van der Waals surface area contributed by atoms with Gasteiger partial charge in [0.05, 0.1) is 7.11 Å². The van der Waals surface area contributed by atoms with Crippen molar-refractivity contribution in [1.82, 2.24) is 10.2 Å². The topological polar surface area (TPSA) is 24.5 Å². The number of nitrogens with one attached hydrogen (secondary N) is 1. The van der Waals surface area contributed by atoms with E-state index in [1.165, 1.54) is 18.4 Å². The number of methoxy groups -OCH3 is 1. The maximum Gasteiger partial charge on any atom is 0.124 e. The molecule has 1 saturated carbocycles. The molecule has 1 aromatic carbocycles. The van der Waals surface area contributed by atoms with Crippen LogP contribution in [0.25, 0.3) is 0 Å². The Balaban J connectivity index is 1.82. The summed E-state index contributed by atoms with van der Waals surface area (Å²) in [5.41, 5.74) is 1.23. The van der Waals surface area contributed by atoms with E-state index in [0.717, 1.165) is 35.9 Å². The molecule has 4 heteroatoms. The number of halogens is 1. The summed E-state index contributed by atoms with van der Waals surface area (Å²) in [4.78, 5) is 2.32. The van der Waals surface area contributed by atoms with Gasteiger partial charge in [0, 0.05) is 35.7 Å². The lowest BCUT2D eigenvalue weighted by Crippen LogP contribution is -2.30. The summed E-state index contributed by atoms with van der Waals surface area (Å²) in [5.74, 6) is 0.950. The smallest absolute Gasteiger partial charge is 0.124 e. The van der Waals surface area contributed by atoms with Crippen molar-refractivity contribution in [3.63, 3.8) is 0 Å². The molecule has 0 radical (unpaired) electrons. The van der Waals surface area contributed by atoms with Crippen LogP contribution in [0.15, 0.2) is 22.7 Å². The largest absolute Gasteiger partial charge is 0.496 e. The van der Waals surface area contributed by atoms with Gasteiger partial charge in [-0.25, -0.2) is 0 Å². The molecule has 1 aliphatic carbocycles. The van der Waals surface area contributed by atoms with Gasteiger partial charge in [0.1, 0.15) is 5.75 Å². The number of benzene rings is 1. The average molecular weight is 313 g/mol. The second-order valence-electron chi connectivity index (χ2n) is 4.92. The Kier molecular flexibility index (Phi) is 5.03. The fraction of sp³-hybridized carbons (Fsp3) is 0.571. The highest BCUT2D eigenvalue weighted by Gasteiger charge is 2.19. The zero-order valence-corrected chi connectivity index (χ0v) is 12.7. The van der Waals surface area contributed by atoms with Crippen molar-refractivity contribution in [3.8, 4) is 5.75 Å². The fourth-order valence-corrected chi connectivity index (χ4v) is 2.31. The highest BCUT2D eigenvalue weighted by Crippen LogP contribution is 2.24. The van der Waals surface area contributed by atoms with Crippen LogP contribution in [0.2, 0.25) is 0 Å². The Morgan fingerprint density at radius 3 is 2.89 bits per heavy atom. The summed E-state index contributed by atoms with van der Waals surface area (Å²) in [6, 6.07) is 6.99. The predicted molar refractivity (Wildman–Crippen MR) is 78.1 cm³/mol. The highest BCUT2D eigenvalue weighted by molar-refractivity contribution is 9.10. The Bertz CT molecular complexity index is 393. The van der Waals surface area contributed by atoms with E-state index in [2.05, 4.69) is 45.3 Å². The summed E-state index contributed by atoms with van der Waals surface area (Å²) in [5, 5.41) is 3.53. The molecule has 3 nitrogen and oxygen atoms in total. The highest BCUT2D eigenvalue weighted by atomic mass is 79.9. The number of likely N-dealkylation sites (N-methyl/N-ethyl adjacent to an activating group) is 1. The monoisotopic (exact) mass is 312 g/mol. The molecule has 0 bridgehead atoms. The molecular formula is C14H21BrN2O. The van der Waals surface area contributed by atoms with Crippen LogP contribution in [0.5, 0.6) is 5.75 Å². The van der Waals surface area contributed by atoms with E-state index in [0.29, 0.717) is 0 Å². The summed E-state index contributed by atoms with van der Waals surface area (Å²) < 4.78 is 6.46. The van der Waals surface area contributed by atoms with Gasteiger partial charge in [-0.15, -0.1) is 0 Å². The van der Waals surface area contributed by atoms with Crippen molar-refractivity contribution in [2.75, 3.05) is 27.2 Å².